The Labute approximate surface area is 127 Å². The third kappa shape index (κ3) is 3.55. The van der Waals surface area contributed by atoms with Crippen molar-refractivity contribution in [2.75, 3.05) is 7.05 Å². The molecule has 0 saturated heterocycles. The minimum atomic E-state index is -3.71. The van der Waals surface area contributed by atoms with Crippen LogP contribution in [0.3, 0.4) is 0 Å². The van der Waals surface area contributed by atoms with E-state index in [-0.39, 0.29) is 16.7 Å². The molecule has 0 fully saturated rings. The summed E-state index contributed by atoms with van der Waals surface area (Å²) in [4.78, 5) is 7.30. The monoisotopic (exact) mass is 322 g/mol. The first-order valence-corrected chi connectivity index (χ1v) is 7.68. The van der Waals surface area contributed by atoms with Crippen molar-refractivity contribution in [3.63, 3.8) is 0 Å². The van der Waals surface area contributed by atoms with Crippen LogP contribution in [0.25, 0.3) is 0 Å². The van der Waals surface area contributed by atoms with Crippen LogP contribution in [0.4, 0.5) is 0 Å². The lowest BCUT2D eigenvalue weighted by atomic mass is 10.1. The molecule has 2 rings (SSSR count). The van der Waals surface area contributed by atoms with Gasteiger partial charge >= 0.3 is 0 Å². The number of hydrogen-bond acceptors (Lipinski definition) is 5. The Bertz CT molecular complexity index is 785. The number of halogens is 1. The summed E-state index contributed by atoms with van der Waals surface area (Å²) in [5.74, 6) is 0. The molecule has 1 aromatic heterocycles. The molecule has 8 heteroatoms. The summed E-state index contributed by atoms with van der Waals surface area (Å²) in [6, 6.07) is 8.78. The molecule has 6 nitrogen and oxygen atoms in total. The second-order valence-corrected chi connectivity index (χ2v) is 6.64. The first kappa shape index (κ1) is 15.4. The van der Waals surface area contributed by atoms with E-state index in [9.17, 15) is 8.42 Å². The molecule has 2 aromatic rings. The molecule has 1 aromatic carbocycles. The minimum Gasteiger partial charge on any atom is -0.225 e. The van der Waals surface area contributed by atoms with E-state index in [2.05, 4.69) is 9.97 Å². The lowest BCUT2D eigenvalue weighted by Crippen LogP contribution is -2.26. The van der Waals surface area contributed by atoms with E-state index in [1.165, 1.54) is 7.05 Å². The van der Waals surface area contributed by atoms with E-state index in [0.717, 1.165) is 22.3 Å². The van der Waals surface area contributed by atoms with Crippen LogP contribution in [-0.4, -0.2) is 29.7 Å². The highest BCUT2D eigenvalue weighted by Gasteiger charge is 2.21. The SMILES string of the molecule is CN(Cc1cccc(C#N)c1)S(=O)(=O)c1cnc(Cl)nc1. The maximum absolute atomic E-state index is 12.3. The van der Waals surface area contributed by atoms with Crippen molar-refractivity contribution in [2.24, 2.45) is 0 Å². The Balaban J connectivity index is 2.24. The standard InChI is InChI=1S/C13H11ClN4O2S/c1-18(9-11-4-2-3-10(5-11)6-15)21(19,20)12-7-16-13(14)17-8-12/h2-5,7-8H,9H2,1H3. The van der Waals surface area contributed by atoms with E-state index < -0.39 is 10.0 Å². The molecular formula is C13H11ClN4O2S. The Morgan fingerprint density at radius 1 is 1.33 bits per heavy atom. The van der Waals surface area contributed by atoms with Gasteiger partial charge in [0.1, 0.15) is 4.90 Å². The van der Waals surface area contributed by atoms with Gasteiger partial charge in [-0.05, 0) is 29.3 Å². The molecule has 0 saturated carbocycles. The summed E-state index contributed by atoms with van der Waals surface area (Å²) in [7, 11) is -2.26. The lowest BCUT2D eigenvalue weighted by Gasteiger charge is -2.16. The van der Waals surface area contributed by atoms with Gasteiger partial charge in [-0.2, -0.15) is 9.57 Å². The van der Waals surface area contributed by atoms with Gasteiger partial charge in [-0.3, -0.25) is 0 Å². The fourth-order valence-electron chi connectivity index (χ4n) is 1.69. The fraction of sp³-hybridized carbons (Fsp3) is 0.154. The summed E-state index contributed by atoms with van der Waals surface area (Å²) in [5, 5.41) is 8.83. The van der Waals surface area contributed by atoms with E-state index in [0.29, 0.717) is 5.56 Å². The maximum atomic E-state index is 12.3. The van der Waals surface area contributed by atoms with Crippen LogP contribution in [0, 0.1) is 11.3 Å². The first-order chi connectivity index (χ1) is 9.93. The molecule has 108 valence electrons. The molecule has 0 radical (unpaired) electrons. The highest BCUT2D eigenvalue weighted by Crippen LogP contribution is 2.16. The number of aromatic nitrogens is 2. The van der Waals surface area contributed by atoms with Crippen molar-refractivity contribution >= 4 is 21.6 Å². The number of nitrogens with zero attached hydrogens (tertiary/aromatic N) is 4. The summed E-state index contributed by atoms with van der Waals surface area (Å²) >= 11 is 5.54. The number of benzene rings is 1. The average molecular weight is 323 g/mol. The molecular weight excluding hydrogens is 312 g/mol. The predicted octanol–water partition coefficient (Wildman–Crippen LogP) is 1.82. The molecule has 0 unspecified atom stereocenters. The summed E-state index contributed by atoms with van der Waals surface area (Å²) in [6.07, 6.45) is 2.32. The molecule has 0 atom stereocenters. The minimum absolute atomic E-state index is 0.0154. The van der Waals surface area contributed by atoms with Crippen molar-refractivity contribution < 1.29 is 8.42 Å². The number of sulfonamides is 1. The number of hydrogen-bond donors (Lipinski definition) is 0. The van der Waals surface area contributed by atoms with Gasteiger partial charge in [-0.25, -0.2) is 18.4 Å². The normalized spacial score (nSPS) is 11.3. The Morgan fingerprint density at radius 3 is 2.62 bits per heavy atom. The first-order valence-electron chi connectivity index (χ1n) is 5.86. The second kappa shape index (κ2) is 6.18. The molecule has 0 spiro atoms. The summed E-state index contributed by atoms with van der Waals surface area (Å²) < 4.78 is 25.8. The van der Waals surface area contributed by atoms with Crippen molar-refractivity contribution in [3.05, 3.63) is 53.1 Å². The Morgan fingerprint density at radius 2 is 2.00 bits per heavy atom. The molecule has 21 heavy (non-hydrogen) atoms. The topological polar surface area (TPSA) is 87.0 Å². The van der Waals surface area contributed by atoms with Gasteiger partial charge in [-0.1, -0.05) is 12.1 Å². The Kier molecular flexibility index (Phi) is 4.53. The molecule has 0 aliphatic carbocycles. The molecule has 1 heterocycles. The van der Waals surface area contributed by atoms with Gasteiger partial charge in [0.15, 0.2) is 0 Å². The maximum Gasteiger partial charge on any atom is 0.246 e. The average Bonchev–Trinajstić information content (AvgIpc) is 2.48. The molecule has 0 N–H and O–H groups in total. The van der Waals surface area contributed by atoms with Gasteiger partial charge in [0.2, 0.25) is 15.3 Å². The third-order valence-electron chi connectivity index (χ3n) is 2.77. The highest BCUT2D eigenvalue weighted by molar-refractivity contribution is 7.89. The molecule has 0 aliphatic heterocycles. The van der Waals surface area contributed by atoms with Crippen LogP contribution in [-0.2, 0) is 16.6 Å². The Hall–Kier alpha value is -2.01. The van der Waals surface area contributed by atoms with Crippen LogP contribution in [0.5, 0.6) is 0 Å². The smallest absolute Gasteiger partial charge is 0.225 e. The van der Waals surface area contributed by atoms with Crippen LogP contribution in [0.15, 0.2) is 41.6 Å². The van der Waals surface area contributed by atoms with Crippen molar-refractivity contribution in [1.82, 2.24) is 14.3 Å². The van der Waals surface area contributed by atoms with Crippen molar-refractivity contribution in [2.45, 2.75) is 11.4 Å². The largest absolute Gasteiger partial charge is 0.246 e. The number of rotatable bonds is 4. The van der Waals surface area contributed by atoms with Crippen LogP contribution in [0.1, 0.15) is 11.1 Å². The van der Waals surface area contributed by atoms with Gasteiger partial charge in [0.05, 0.1) is 24.0 Å². The van der Waals surface area contributed by atoms with Gasteiger partial charge < -0.3 is 0 Å². The van der Waals surface area contributed by atoms with Crippen LogP contribution in [0.2, 0.25) is 5.28 Å². The molecule has 0 amide bonds. The van der Waals surface area contributed by atoms with E-state index in [4.69, 9.17) is 16.9 Å². The van der Waals surface area contributed by atoms with Crippen LogP contribution < -0.4 is 0 Å². The van der Waals surface area contributed by atoms with Gasteiger partial charge in [-0.15, -0.1) is 0 Å². The molecule has 0 bridgehead atoms. The zero-order valence-corrected chi connectivity index (χ0v) is 12.6. The zero-order chi connectivity index (χ0) is 15.5. The van der Waals surface area contributed by atoms with Crippen LogP contribution >= 0.6 is 11.6 Å². The number of nitriles is 1. The summed E-state index contributed by atoms with van der Waals surface area (Å²) in [6.45, 7) is 0.139. The third-order valence-corrected chi connectivity index (χ3v) is 4.72. The van der Waals surface area contributed by atoms with Gasteiger partial charge in [0, 0.05) is 13.6 Å². The van der Waals surface area contributed by atoms with Gasteiger partial charge in [0.25, 0.3) is 0 Å². The van der Waals surface area contributed by atoms with E-state index >= 15 is 0 Å². The fourth-order valence-corrected chi connectivity index (χ4v) is 2.84. The van der Waals surface area contributed by atoms with E-state index in [1.54, 1.807) is 24.3 Å². The quantitative estimate of drug-likeness (QED) is 0.801. The highest BCUT2D eigenvalue weighted by atomic mass is 35.5. The lowest BCUT2D eigenvalue weighted by molar-refractivity contribution is 0.466. The van der Waals surface area contributed by atoms with Crippen molar-refractivity contribution in [1.29, 1.82) is 5.26 Å². The molecule has 0 aliphatic rings. The van der Waals surface area contributed by atoms with Crippen molar-refractivity contribution in [3.8, 4) is 6.07 Å². The zero-order valence-electron chi connectivity index (χ0n) is 11.1. The second-order valence-electron chi connectivity index (χ2n) is 4.26. The predicted molar refractivity (Wildman–Crippen MR) is 76.9 cm³/mol. The summed E-state index contributed by atoms with van der Waals surface area (Å²) in [5.41, 5.74) is 1.20. The van der Waals surface area contributed by atoms with E-state index in [1.807, 2.05) is 6.07 Å².